The maximum atomic E-state index is 12.1. The second-order valence-corrected chi connectivity index (χ2v) is 6.54. The van der Waals surface area contributed by atoms with Crippen molar-refractivity contribution in [3.05, 3.63) is 52.2 Å². The van der Waals surface area contributed by atoms with Gasteiger partial charge in [-0.2, -0.15) is 0 Å². The van der Waals surface area contributed by atoms with E-state index < -0.39 is 0 Å². The van der Waals surface area contributed by atoms with E-state index in [0.29, 0.717) is 13.1 Å². The van der Waals surface area contributed by atoms with Crippen LogP contribution in [0, 0.1) is 0 Å². The number of rotatable bonds is 8. The fourth-order valence-electron chi connectivity index (χ4n) is 2.45. The topological polar surface area (TPSA) is 41.6 Å². The van der Waals surface area contributed by atoms with E-state index in [9.17, 15) is 4.79 Å². The number of nitrogens with one attached hydrogen (secondary N) is 1. The van der Waals surface area contributed by atoms with Crippen molar-refractivity contribution in [2.75, 3.05) is 27.2 Å². The quantitative estimate of drug-likeness (QED) is 0.807. The van der Waals surface area contributed by atoms with Gasteiger partial charge in [0.15, 0.2) is 0 Å². The predicted octanol–water partition coefficient (Wildman–Crippen LogP) is 3.11. The molecule has 1 amide bonds. The summed E-state index contributed by atoms with van der Waals surface area (Å²) in [6.07, 6.45) is 0.884. The van der Waals surface area contributed by atoms with Crippen molar-refractivity contribution in [1.29, 1.82) is 0 Å². The standard InChI is InChI=1S/C18H24N2O2S/c1-14(16-8-4-5-9-17(16)22-3)20(2)13-18(21)19-11-10-15-7-6-12-23-15/h4-9,12,14H,10-11,13H2,1-3H3,(H,19,21). The third-order valence-corrected chi connectivity index (χ3v) is 4.85. The molecule has 23 heavy (non-hydrogen) atoms. The fourth-order valence-corrected chi connectivity index (χ4v) is 3.16. The largest absolute Gasteiger partial charge is 0.496 e. The van der Waals surface area contributed by atoms with Crippen molar-refractivity contribution >= 4 is 17.2 Å². The Morgan fingerprint density at radius 1 is 1.30 bits per heavy atom. The Kier molecular flexibility index (Phi) is 6.62. The molecule has 0 radical (unpaired) electrons. The molecule has 1 N–H and O–H groups in total. The summed E-state index contributed by atoms with van der Waals surface area (Å²) in [5.74, 6) is 0.899. The Bertz CT molecular complexity index is 613. The van der Waals surface area contributed by atoms with Crippen molar-refractivity contribution in [1.82, 2.24) is 10.2 Å². The van der Waals surface area contributed by atoms with E-state index in [1.807, 2.05) is 42.3 Å². The second-order valence-electron chi connectivity index (χ2n) is 5.51. The van der Waals surface area contributed by atoms with Crippen LogP contribution in [0.15, 0.2) is 41.8 Å². The van der Waals surface area contributed by atoms with E-state index in [0.717, 1.165) is 17.7 Å². The molecule has 1 unspecified atom stereocenters. The van der Waals surface area contributed by atoms with Crippen LogP contribution in [-0.4, -0.2) is 38.1 Å². The summed E-state index contributed by atoms with van der Waals surface area (Å²) in [7, 11) is 3.62. The van der Waals surface area contributed by atoms with Crippen molar-refractivity contribution < 1.29 is 9.53 Å². The SMILES string of the molecule is COc1ccccc1C(C)N(C)CC(=O)NCCc1cccs1. The van der Waals surface area contributed by atoms with Crippen LogP contribution in [0.1, 0.15) is 23.4 Å². The molecule has 5 heteroatoms. The number of para-hydroxylation sites is 1. The minimum atomic E-state index is 0.0470. The monoisotopic (exact) mass is 332 g/mol. The number of hydrogen-bond acceptors (Lipinski definition) is 4. The summed E-state index contributed by atoms with van der Waals surface area (Å²) in [5.41, 5.74) is 1.09. The highest BCUT2D eigenvalue weighted by atomic mass is 32.1. The van der Waals surface area contributed by atoms with Crippen LogP contribution < -0.4 is 10.1 Å². The Labute approximate surface area is 142 Å². The van der Waals surface area contributed by atoms with Crippen LogP contribution in [0.4, 0.5) is 0 Å². The number of amides is 1. The highest BCUT2D eigenvalue weighted by Crippen LogP contribution is 2.27. The van der Waals surface area contributed by atoms with Gasteiger partial charge in [0.2, 0.25) is 5.91 Å². The minimum Gasteiger partial charge on any atom is -0.496 e. The van der Waals surface area contributed by atoms with Gasteiger partial charge >= 0.3 is 0 Å². The maximum absolute atomic E-state index is 12.1. The number of ether oxygens (including phenoxy) is 1. The Hall–Kier alpha value is -1.85. The van der Waals surface area contributed by atoms with Gasteiger partial charge in [-0.05, 0) is 37.9 Å². The first-order chi connectivity index (χ1) is 11.1. The lowest BCUT2D eigenvalue weighted by Crippen LogP contribution is -2.37. The first kappa shape index (κ1) is 17.5. The molecular weight excluding hydrogens is 308 g/mol. The molecular formula is C18H24N2O2S. The van der Waals surface area contributed by atoms with Crippen molar-refractivity contribution in [2.24, 2.45) is 0 Å². The molecule has 1 heterocycles. The van der Waals surface area contributed by atoms with Crippen LogP contribution in [0.3, 0.4) is 0 Å². The Balaban J connectivity index is 1.82. The van der Waals surface area contributed by atoms with Crippen LogP contribution in [0.2, 0.25) is 0 Å². The van der Waals surface area contributed by atoms with Crippen LogP contribution in [0.25, 0.3) is 0 Å². The molecule has 0 aliphatic rings. The maximum Gasteiger partial charge on any atom is 0.234 e. The zero-order chi connectivity index (χ0) is 16.7. The van der Waals surface area contributed by atoms with Crippen LogP contribution in [-0.2, 0) is 11.2 Å². The number of likely N-dealkylation sites (N-methyl/N-ethyl adjacent to an activating group) is 1. The molecule has 2 rings (SSSR count). The number of carbonyl (C=O) groups excluding carboxylic acids is 1. The van der Waals surface area contributed by atoms with Crippen LogP contribution in [0.5, 0.6) is 5.75 Å². The average Bonchev–Trinajstić information content (AvgIpc) is 3.07. The Morgan fingerprint density at radius 2 is 2.09 bits per heavy atom. The molecule has 0 saturated heterocycles. The number of benzene rings is 1. The smallest absolute Gasteiger partial charge is 0.234 e. The zero-order valence-corrected chi connectivity index (χ0v) is 14.7. The van der Waals surface area contributed by atoms with E-state index in [1.165, 1.54) is 4.88 Å². The molecule has 1 aromatic carbocycles. The lowest BCUT2D eigenvalue weighted by atomic mass is 10.1. The van der Waals surface area contributed by atoms with Gasteiger partial charge in [0.05, 0.1) is 13.7 Å². The molecule has 0 saturated carbocycles. The van der Waals surface area contributed by atoms with E-state index in [4.69, 9.17) is 4.74 Å². The molecule has 124 valence electrons. The van der Waals surface area contributed by atoms with Crippen molar-refractivity contribution in [3.63, 3.8) is 0 Å². The third kappa shape index (κ3) is 5.08. The van der Waals surface area contributed by atoms with E-state index in [1.54, 1.807) is 18.4 Å². The number of thiophene rings is 1. The van der Waals surface area contributed by atoms with Crippen molar-refractivity contribution in [3.8, 4) is 5.75 Å². The van der Waals surface area contributed by atoms with Crippen molar-refractivity contribution in [2.45, 2.75) is 19.4 Å². The summed E-state index contributed by atoms with van der Waals surface area (Å²) in [6.45, 7) is 3.12. The van der Waals surface area contributed by atoms with Gasteiger partial charge in [-0.3, -0.25) is 9.69 Å². The van der Waals surface area contributed by atoms with Gasteiger partial charge in [-0.15, -0.1) is 11.3 Å². The highest BCUT2D eigenvalue weighted by Gasteiger charge is 2.17. The number of hydrogen-bond donors (Lipinski definition) is 1. The lowest BCUT2D eigenvalue weighted by Gasteiger charge is -2.25. The molecule has 0 bridgehead atoms. The zero-order valence-electron chi connectivity index (χ0n) is 13.9. The highest BCUT2D eigenvalue weighted by molar-refractivity contribution is 7.09. The normalized spacial score (nSPS) is 12.2. The summed E-state index contributed by atoms with van der Waals surface area (Å²) < 4.78 is 5.40. The number of methoxy groups -OCH3 is 1. The molecule has 1 atom stereocenters. The molecule has 0 aliphatic carbocycles. The van der Waals surface area contributed by atoms with E-state index >= 15 is 0 Å². The van der Waals surface area contributed by atoms with Gasteiger partial charge in [0.1, 0.15) is 5.75 Å². The van der Waals surface area contributed by atoms with Gasteiger partial charge in [-0.25, -0.2) is 0 Å². The third-order valence-electron chi connectivity index (χ3n) is 3.92. The van der Waals surface area contributed by atoms with Gasteiger partial charge in [-0.1, -0.05) is 24.3 Å². The summed E-state index contributed by atoms with van der Waals surface area (Å²) in [5, 5.41) is 5.04. The fraction of sp³-hybridized carbons (Fsp3) is 0.389. The van der Waals surface area contributed by atoms with Gasteiger partial charge < -0.3 is 10.1 Å². The summed E-state index contributed by atoms with van der Waals surface area (Å²) >= 11 is 1.72. The molecule has 0 aliphatic heterocycles. The first-order valence-corrected chi connectivity index (χ1v) is 8.62. The molecule has 4 nitrogen and oxygen atoms in total. The number of carbonyl (C=O) groups is 1. The molecule has 2 aromatic rings. The molecule has 0 fully saturated rings. The van der Waals surface area contributed by atoms with Gasteiger partial charge in [0.25, 0.3) is 0 Å². The molecule has 1 aromatic heterocycles. The summed E-state index contributed by atoms with van der Waals surface area (Å²) in [4.78, 5) is 15.4. The Morgan fingerprint density at radius 3 is 2.78 bits per heavy atom. The second kappa shape index (κ2) is 8.70. The number of nitrogens with zero attached hydrogens (tertiary/aromatic N) is 1. The average molecular weight is 332 g/mol. The molecule has 0 spiro atoms. The van der Waals surface area contributed by atoms with E-state index in [-0.39, 0.29) is 11.9 Å². The van der Waals surface area contributed by atoms with E-state index in [2.05, 4.69) is 23.7 Å². The first-order valence-electron chi connectivity index (χ1n) is 7.74. The van der Waals surface area contributed by atoms with Crippen LogP contribution >= 0.6 is 11.3 Å². The summed E-state index contributed by atoms with van der Waals surface area (Å²) in [6, 6.07) is 12.1. The minimum absolute atomic E-state index is 0.0470. The predicted molar refractivity (Wildman–Crippen MR) is 95.1 cm³/mol. The van der Waals surface area contributed by atoms with Gasteiger partial charge in [0, 0.05) is 23.0 Å². The lowest BCUT2D eigenvalue weighted by molar-refractivity contribution is -0.122.